The van der Waals surface area contributed by atoms with E-state index in [9.17, 15) is 18.0 Å². The van der Waals surface area contributed by atoms with Crippen molar-refractivity contribution in [3.63, 3.8) is 0 Å². The van der Waals surface area contributed by atoms with Gasteiger partial charge in [-0.2, -0.15) is 0 Å². The summed E-state index contributed by atoms with van der Waals surface area (Å²) >= 11 is 0. The minimum absolute atomic E-state index is 0.325. The lowest BCUT2D eigenvalue weighted by atomic mass is 10.1. The number of rotatable bonds is 3. The molecule has 0 bridgehead atoms. The molecule has 2 aromatic carbocycles. The fraction of sp³-hybridized carbons (Fsp3) is 0.133. The van der Waals surface area contributed by atoms with Crippen LogP contribution in [0.1, 0.15) is 15.9 Å². The molecule has 0 unspecified atom stereocenters. The lowest BCUT2D eigenvalue weighted by molar-refractivity contribution is 0.102. The topological polar surface area (TPSA) is 38.3 Å². The number of ether oxygens (including phenoxy) is 1. The van der Waals surface area contributed by atoms with Crippen molar-refractivity contribution in [3.05, 3.63) is 58.9 Å². The zero-order valence-electron chi connectivity index (χ0n) is 11.3. The predicted octanol–water partition coefficient (Wildman–Crippen LogP) is 3.67. The normalized spacial score (nSPS) is 10.3. The highest BCUT2D eigenvalue weighted by Crippen LogP contribution is 2.26. The van der Waals surface area contributed by atoms with E-state index in [1.807, 2.05) is 6.92 Å². The number of methoxy groups -OCH3 is 1. The fourth-order valence-corrected chi connectivity index (χ4v) is 1.78. The number of amides is 1. The number of carbonyl (C=O) groups excluding carboxylic acids is 1. The molecule has 0 fully saturated rings. The third kappa shape index (κ3) is 3.16. The second-order valence-electron chi connectivity index (χ2n) is 4.41. The average Bonchev–Trinajstić information content (AvgIpc) is 2.45. The molecule has 2 aromatic rings. The van der Waals surface area contributed by atoms with Crippen LogP contribution in [-0.4, -0.2) is 13.0 Å². The van der Waals surface area contributed by atoms with Crippen molar-refractivity contribution in [2.24, 2.45) is 0 Å². The molecule has 0 aliphatic rings. The third-order valence-corrected chi connectivity index (χ3v) is 2.85. The van der Waals surface area contributed by atoms with Gasteiger partial charge in [0.25, 0.3) is 5.91 Å². The molecule has 0 radical (unpaired) electrons. The Hall–Kier alpha value is -2.50. The number of hydrogen-bond acceptors (Lipinski definition) is 2. The van der Waals surface area contributed by atoms with Gasteiger partial charge >= 0.3 is 0 Å². The Bertz CT molecular complexity index is 678. The number of carbonyl (C=O) groups is 1. The molecule has 2 rings (SSSR count). The number of hydrogen-bond donors (Lipinski definition) is 1. The van der Waals surface area contributed by atoms with Crippen molar-refractivity contribution in [3.8, 4) is 5.75 Å². The van der Waals surface area contributed by atoms with E-state index >= 15 is 0 Å². The van der Waals surface area contributed by atoms with E-state index in [0.717, 1.165) is 5.56 Å². The molecule has 6 heteroatoms. The summed E-state index contributed by atoms with van der Waals surface area (Å²) in [5, 5.41) is 2.46. The second kappa shape index (κ2) is 5.87. The van der Waals surface area contributed by atoms with Crippen LogP contribution in [0.4, 0.5) is 18.9 Å². The van der Waals surface area contributed by atoms with Crippen LogP contribution >= 0.6 is 0 Å². The molecule has 0 aliphatic heterocycles. The van der Waals surface area contributed by atoms with Crippen LogP contribution in [0.25, 0.3) is 0 Å². The van der Waals surface area contributed by atoms with Crippen molar-refractivity contribution < 1.29 is 22.7 Å². The Kier molecular flexibility index (Phi) is 4.16. The van der Waals surface area contributed by atoms with Gasteiger partial charge in [-0.25, -0.2) is 13.2 Å². The van der Waals surface area contributed by atoms with Gasteiger partial charge in [-0.05, 0) is 36.8 Å². The first-order chi connectivity index (χ1) is 9.92. The molecule has 0 atom stereocenters. The number of benzene rings is 2. The summed E-state index contributed by atoms with van der Waals surface area (Å²) in [6.45, 7) is 1.85. The Morgan fingerprint density at radius 2 is 1.71 bits per heavy atom. The third-order valence-electron chi connectivity index (χ3n) is 2.85. The molecule has 1 amide bonds. The van der Waals surface area contributed by atoms with Crippen LogP contribution in [0.15, 0.2) is 30.3 Å². The Balaban J connectivity index is 2.30. The van der Waals surface area contributed by atoms with Crippen molar-refractivity contribution in [1.29, 1.82) is 0 Å². The monoisotopic (exact) mass is 295 g/mol. The quantitative estimate of drug-likeness (QED) is 0.877. The summed E-state index contributed by atoms with van der Waals surface area (Å²) in [5.41, 5.74) is 0.941. The van der Waals surface area contributed by atoms with Gasteiger partial charge in [0, 0.05) is 5.56 Å². The maximum atomic E-state index is 13.1. The summed E-state index contributed by atoms with van der Waals surface area (Å²) in [6, 6.07) is 6.30. The van der Waals surface area contributed by atoms with Crippen molar-refractivity contribution in [1.82, 2.24) is 0 Å². The highest BCUT2D eigenvalue weighted by Gasteiger charge is 2.16. The molecule has 3 nitrogen and oxygen atoms in total. The largest absolute Gasteiger partial charge is 0.495 e. The molecule has 1 N–H and O–H groups in total. The van der Waals surface area contributed by atoms with Crippen molar-refractivity contribution >= 4 is 11.6 Å². The molecule has 0 spiro atoms. The van der Waals surface area contributed by atoms with Gasteiger partial charge in [0.05, 0.1) is 12.8 Å². The van der Waals surface area contributed by atoms with E-state index < -0.39 is 23.4 Å². The average molecular weight is 295 g/mol. The summed E-state index contributed by atoms with van der Waals surface area (Å²) in [7, 11) is 1.43. The summed E-state index contributed by atoms with van der Waals surface area (Å²) in [6.07, 6.45) is 0. The molecular formula is C15H12F3NO2. The van der Waals surface area contributed by atoms with E-state index in [4.69, 9.17) is 4.74 Å². The highest BCUT2D eigenvalue weighted by molar-refractivity contribution is 6.05. The van der Waals surface area contributed by atoms with Crippen LogP contribution in [0, 0.1) is 24.4 Å². The second-order valence-corrected chi connectivity index (χ2v) is 4.41. The summed E-state index contributed by atoms with van der Waals surface area (Å²) in [5.74, 6) is -4.81. The Morgan fingerprint density at radius 1 is 1.10 bits per heavy atom. The Morgan fingerprint density at radius 3 is 2.29 bits per heavy atom. The highest BCUT2D eigenvalue weighted by atomic mass is 19.2. The van der Waals surface area contributed by atoms with E-state index in [-0.39, 0.29) is 5.56 Å². The molecule has 21 heavy (non-hydrogen) atoms. The summed E-state index contributed by atoms with van der Waals surface area (Å²) in [4.78, 5) is 12.0. The Labute approximate surface area is 119 Å². The first-order valence-corrected chi connectivity index (χ1v) is 6.03. The van der Waals surface area contributed by atoms with E-state index in [2.05, 4.69) is 5.32 Å². The van der Waals surface area contributed by atoms with Gasteiger partial charge in [-0.15, -0.1) is 0 Å². The zero-order valence-corrected chi connectivity index (χ0v) is 11.3. The maximum Gasteiger partial charge on any atom is 0.255 e. The van der Waals surface area contributed by atoms with Crippen molar-refractivity contribution in [2.45, 2.75) is 6.92 Å². The van der Waals surface area contributed by atoms with Gasteiger partial charge in [-0.3, -0.25) is 4.79 Å². The first-order valence-electron chi connectivity index (χ1n) is 6.03. The fourth-order valence-electron chi connectivity index (χ4n) is 1.78. The molecule has 110 valence electrons. The minimum atomic E-state index is -1.61. The smallest absolute Gasteiger partial charge is 0.255 e. The molecular weight excluding hydrogens is 283 g/mol. The van der Waals surface area contributed by atoms with E-state index in [1.165, 1.54) is 7.11 Å². The SMILES string of the molecule is COc1cc(C)ccc1NC(=O)c1cc(F)c(F)c(F)c1. The van der Waals surface area contributed by atoms with E-state index in [0.29, 0.717) is 23.6 Å². The van der Waals surface area contributed by atoms with E-state index in [1.54, 1.807) is 18.2 Å². The molecule has 0 saturated carbocycles. The number of halogens is 3. The minimum Gasteiger partial charge on any atom is -0.495 e. The lowest BCUT2D eigenvalue weighted by Gasteiger charge is -2.11. The number of aryl methyl sites for hydroxylation is 1. The first kappa shape index (κ1) is 14.9. The molecule has 0 heterocycles. The number of anilines is 1. The van der Waals surface area contributed by atoms with Crippen LogP contribution in [0.3, 0.4) is 0 Å². The van der Waals surface area contributed by atoms with Gasteiger partial charge in [-0.1, -0.05) is 6.07 Å². The predicted molar refractivity (Wildman–Crippen MR) is 72.0 cm³/mol. The standard InChI is InChI=1S/C15H12F3NO2/c1-8-3-4-12(13(5-8)21-2)19-15(20)9-6-10(16)14(18)11(17)7-9/h3-7H,1-2H3,(H,19,20). The van der Waals surface area contributed by atoms with Crippen molar-refractivity contribution in [2.75, 3.05) is 12.4 Å². The number of nitrogens with one attached hydrogen (secondary N) is 1. The van der Waals surface area contributed by atoms with Gasteiger partial charge in [0.15, 0.2) is 17.5 Å². The van der Waals surface area contributed by atoms with Gasteiger partial charge in [0.2, 0.25) is 0 Å². The maximum absolute atomic E-state index is 13.1. The van der Waals surface area contributed by atoms with Crippen LogP contribution in [0.2, 0.25) is 0 Å². The molecule has 0 aliphatic carbocycles. The van der Waals surface area contributed by atoms with Crippen LogP contribution in [-0.2, 0) is 0 Å². The zero-order chi connectivity index (χ0) is 15.6. The van der Waals surface area contributed by atoms with Gasteiger partial charge in [0.1, 0.15) is 5.75 Å². The van der Waals surface area contributed by atoms with Crippen LogP contribution < -0.4 is 10.1 Å². The van der Waals surface area contributed by atoms with Crippen LogP contribution in [0.5, 0.6) is 5.75 Å². The molecule has 0 aromatic heterocycles. The lowest BCUT2D eigenvalue weighted by Crippen LogP contribution is -2.14. The summed E-state index contributed by atoms with van der Waals surface area (Å²) < 4.78 is 44.2. The van der Waals surface area contributed by atoms with Gasteiger partial charge < -0.3 is 10.1 Å². The molecule has 0 saturated heterocycles.